The topological polar surface area (TPSA) is 0 Å². The Morgan fingerprint density at radius 2 is 1.08 bits per heavy atom. The highest BCUT2D eigenvalue weighted by molar-refractivity contribution is 5.94. The molecule has 1 unspecified atom stereocenters. The minimum Gasteiger partial charge on any atom is -0.0833 e. The fourth-order valence-electron chi connectivity index (χ4n) is 6.08. The molecule has 5 aromatic carbocycles. The average molecular weight is 489 g/mol. The van der Waals surface area contributed by atoms with Gasteiger partial charge in [0.05, 0.1) is 0 Å². The van der Waals surface area contributed by atoms with Gasteiger partial charge in [0.1, 0.15) is 0 Å². The zero-order valence-electron chi connectivity index (χ0n) is 22.1. The summed E-state index contributed by atoms with van der Waals surface area (Å²) in [5, 5.41) is 0. The summed E-state index contributed by atoms with van der Waals surface area (Å²) in [6.45, 7) is 4.62. The smallest absolute Gasteiger partial charge is 0.0221 e. The molecule has 0 N–H and O–H groups in total. The molecule has 38 heavy (non-hydrogen) atoms. The Kier molecular flexibility index (Phi) is 6.40. The first-order valence-electron chi connectivity index (χ1n) is 13.4. The second-order valence-electron chi connectivity index (χ2n) is 10.4. The summed E-state index contributed by atoms with van der Waals surface area (Å²) in [5.41, 5.74) is 12.8. The highest BCUT2D eigenvalue weighted by Gasteiger charge is 2.34. The third-order valence-electron chi connectivity index (χ3n) is 7.97. The quantitative estimate of drug-likeness (QED) is 0.231. The molecule has 0 nitrogen and oxygen atoms in total. The first-order chi connectivity index (χ1) is 18.7. The standard InChI is InChI=1S/C38H32/c1-28-16-15-24-34(37(28)30-19-7-4-8-20-30)32-22-10-9-21-31(32)33-23-11-12-26-36(33)38(2)27-14-13-25-35(38)29-17-5-3-6-18-29/h3-26H,27H2,1-2H3. The van der Waals surface area contributed by atoms with E-state index in [9.17, 15) is 0 Å². The van der Waals surface area contributed by atoms with E-state index in [1.54, 1.807) is 0 Å². The summed E-state index contributed by atoms with van der Waals surface area (Å²) in [5.74, 6) is 0. The van der Waals surface area contributed by atoms with Crippen LogP contribution in [0.15, 0.2) is 146 Å². The van der Waals surface area contributed by atoms with Crippen LogP contribution in [0.25, 0.3) is 39.0 Å². The van der Waals surface area contributed by atoms with Crippen LogP contribution in [0.3, 0.4) is 0 Å². The van der Waals surface area contributed by atoms with Gasteiger partial charge in [-0.3, -0.25) is 0 Å². The summed E-state index contributed by atoms with van der Waals surface area (Å²) < 4.78 is 0. The Balaban J connectivity index is 1.56. The van der Waals surface area contributed by atoms with Crippen LogP contribution in [0.5, 0.6) is 0 Å². The maximum absolute atomic E-state index is 2.40. The van der Waals surface area contributed by atoms with Crippen molar-refractivity contribution in [1.29, 1.82) is 0 Å². The van der Waals surface area contributed by atoms with Gasteiger partial charge in [-0.05, 0) is 69.0 Å². The molecule has 1 aliphatic rings. The van der Waals surface area contributed by atoms with E-state index in [1.807, 2.05) is 0 Å². The maximum Gasteiger partial charge on any atom is 0.0221 e. The van der Waals surface area contributed by atoms with Crippen molar-refractivity contribution in [2.45, 2.75) is 25.7 Å². The molecule has 0 fully saturated rings. The molecule has 5 aromatic rings. The fraction of sp³-hybridized carbons (Fsp3) is 0.105. The van der Waals surface area contributed by atoms with Crippen molar-refractivity contribution in [3.05, 3.63) is 162 Å². The average Bonchev–Trinajstić information content (AvgIpc) is 2.98. The van der Waals surface area contributed by atoms with E-state index in [4.69, 9.17) is 0 Å². The minimum atomic E-state index is -0.144. The van der Waals surface area contributed by atoms with Gasteiger partial charge in [0.2, 0.25) is 0 Å². The zero-order valence-corrected chi connectivity index (χ0v) is 22.1. The Labute approximate surface area is 226 Å². The highest BCUT2D eigenvalue weighted by atomic mass is 14.4. The third-order valence-corrected chi connectivity index (χ3v) is 7.97. The molecule has 0 radical (unpaired) electrons. The Hall–Kier alpha value is -4.42. The number of aryl methyl sites for hydroxylation is 1. The van der Waals surface area contributed by atoms with Crippen molar-refractivity contribution in [2.75, 3.05) is 0 Å². The van der Waals surface area contributed by atoms with Crippen LogP contribution < -0.4 is 0 Å². The number of rotatable bonds is 5. The lowest BCUT2D eigenvalue weighted by molar-refractivity contribution is 0.622. The van der Waals surface area contributed by atoms with E-state index in [2.05, 4.69) is 159 Å². The van der Waals surface area contributed by atoms with Crippen LogP contribution in [0.2, 0.25) is 0 Å². The van der Waals surface area contributed by atoms with Gasteiger partial charge < -0.3 is 0 Å². The van der Waals surface area contributed by atoms with E-state index in [0.29, 0.717) is 0 Å². The van der Waals surface area contributed by atoms with Crippen LogP contribution in [0.4, 0.5) is 0 Å². The van der Waals surface area contributed by atoms with Gasteiger partial charge in [-0.15, -0.1) is 0 Å². The number of hydrogen-bond donors (Lipinski definition) is 0. The van der Waals surface area contributed by atoms with Crippen molar-refractivity contribution in [3.63, 3.8) is 0 Å². The van der Waals surface area contributed by atoms with Crippen molar-refractivity contribution in [2.24, 2.45) is 0 Å². The normalized spacial score (nSPS) is 16.7. The van der Waals surface area contributed by atoms with E-state index < -0.39 is 0 Å². The molecule has 0 heterocycles. The van der Waals surface area contributed by atoms with Gasteiger partial charge >= 0.3 is 0 Å². The first kappa shape index (κ1) is 23.9. The molecular weight excluding hydrogens is 456 g/mol. The predicted octanol–water partition coefficient (Wildman–Crippen LogP) is 10.3. The second-order valence-corrected chi connectivity index (χ2v) is 10.4. The minimum absolute atomic E-state index is 0.144. The first-order valence-corrected chi connectivity index (χ1v) is 13.4. The van der Waals surface area contributed by atoms with Crippen LogP contribution in [0.1, 0.15) is 30.0 Å². The molecule has 0 amide bonds. The largest absolute Gasteiger partial charge is 0.0833 e. The number of allylic oxidation sites excluding steroid dienone is 4. The molecule has 0 saturated heterocycles. The van der Waals surface area contributed by atoms with Crippen LogP contribution in [-0.4, -0.2) is 0 Å². The van der Waals surface area contributed by atoms with E-state index >= 15 is 0 Å². The zero-order chi connectivity index (χ0) is 26.0. The molecule has 0 saturated carbocycles. The van der Waals surface area contributed by atoms with E-state index in [0.717, 1.165) is 6.42 Å². The molecule has 184 valence electrons. The summed E-state index contributed by atoms with van der Waals surface area (Å²) in [7, 11) is 0. The van der Waals surface area contributed by atoms with Gasteiger partial charge in [-0.2, -0.15) is 0 Å². The predicted molar refractivity (Wildman–Crippen MR) is 163 cm³/mol. The molecule has 0 spiro atoms. The molecule has 1 atom stereocenters. The molecule has 1 aliphatic carbocycles. The Morgan fingerprint density at radius 1 is 0.526 bits per heavy atom. The van der Waals surface area contributed by atoms with Gasteiger partial charge in [-0.1, -0.05) is 153 Å². The lowest BCUT2D eigenvalue weighted by Gasteiger charge is -2.36. The second kappa shape index (κ2) is 10.1. The number of hydrogen-bond acceptors (Lipinski definition) is 0. The third kappa shape index (κ3) is 4.23. The van der Waals surface area contributed by atoms with Crippen LogP contribution in [-0.2, 0) is 5.41 Å². The van der Waals surface area contributed by atoms with E-state index in [-0.39, 0.29) is 5.41 Å². The summed E-state index contributed by atoms with van der Waals surface area (Å²) in [4.78, 5) is 0. The van der Waals surface area contributed by atoms with Gasteiger partial charge in [0.25, 0.3) is 0 Å². The van der Waals surface area contributed by atoms with Gasteiger partial charge in [0.15, 0.2) is 0 Å². The van der Waals surface area contributed by atoms with Crippen molar-refractivity contribution < 1.29 is 0 Å². The Bertz CT molecular complexity index is 1640. The molecule has 6 rings (SSSR count). The molecule has 0 aliphatic heterocycles. The SMILES string of the molecule is Cc1cccc(-c2ccccc2-c2ccccc2C2(C)CC=CC=C2c2ccccc2)c1-c1ccccc1. The lowest BCUT2D eigenvalue weighted by Crippen LogP contribution is -2.25. The monoisotopic (exact) mass is 488 g/mol. The molecule has 0 aromatic heterocycles. The van der Waals surface area contributed by atoms with Crippen molar-refractivity contribution >= 4 is 5.57 Å². The van der Waals surface area contributed by atoms with Crippen LogP contribution in [0, 0.1) is 6.92 Å². The van der Waals surface area contributed by atoms with Gasteiger partial charge in [-0.25, -0.2) is 0 Å². The maximum atomic E-state index is 2.40. The fourth-order valence-corrected chi connectivity index (χ4v) is 6.08. The Morgan fingerprint density at radius 3 is 1.79 bits per heavy atom. The lowest BCUT2D eigenvalue weighted by atomic mass is 9.67. The van der Waals surface area contributed by atoms with Crippen molar-refractivity contribution in [3.8, 4) is 33.4 Å². The van der Waals surface area contributed by atoms with Crippen molar-refractivity contribution in [1.82, 2.24) is 0 Å². The summed E-state index contributed by atoms with van der Waals surface area (Å²) in [6, 6.07) is 46.2. The summed E-state index contributed by atoms with van der Waals surface area (Å²) in [6.07, 6.45) is 7.78. The number of benzene rings is 5. The molecular formula is C38H32. The molecule has 0 bridgehead atoms. The molecule has 0 heteroatoms. The van der Waals surface area contributed by atoms with Crippen LogP contribution >= 0.6 is 0 Å². The van der Waals surface area contributed by atoms with Gasteiger partial charge in [0, 0.05) is 5.41 Å². The van der Waals surface area contributed by atoms with E-state index in [1.165, 1.54) is 55.6 Å². The highest BCUT2D eigenvalue weighted by Crippen LogP contribution is 2.48. The summed E-state index contributed by atoms with van der Waals surface area (Å²) >= 11 is 0.